The van der Waals surface area contributed by atoms with Crippen LogP contribution in [0.5, 0.6) is 0 Å². The first kappa shape index (κ1) is 22.0. The second-order valence-electron chi connectivity index (χ2n) is 7.18. The number of hydrogen-bond acceptors (Lipinski definition) is 5. The Kier molecular flexibility index (Phi) is 7.23. The molecular formula is C13H32O5Si4. The van der Waals surface area contributed by atoms with Crippen molar-refractivity contribution < 1.29 is 23.5 Å². The topological polar surface area (TPSA) is 76.0 Å². The zero-order chi connectivity index (χ0) is 18.0. The van der Waals surface area contributed by atoms with Gasteiger partial charge in [-0.3, -0.25) is 0 Å². The first-order valence-corrected chi connectivity index (χ1v) is 21.4. The van der Waals surface area contributed by atoms with E-state index in [0.717, 1.165) is 6.08 Å². The SMILES string of the molecule is C=CC(=O)OC(CC)[Si]([Si](C)(C)O)([Si](C)(C)O)[Si](C)(C)OC. The van der Waals surface area contributed by atoms with Gasteiger partial charge in [0.25, 0.3) is 0 Å². The Morgan fingerprint density at radius 3 is 1.77 bits per heavy atom. The minimum Gasteiger partial charge on any atom is -0.464 e. The molecule has 0 fully saturated rings. The molecule has 0 rings (SSSR count). The van der Waals surface area contributed by atoms with Crippen molar-refractivity contribution in [3.63, 3.8) is 0 Å². The van der Waals surface area contributed by atoms with Crippen LogP contribution in [0.25, 0.3) is 0 Å². The highest BCUT2D eigenvalue weighted by atomic mass is 29.9. The molecule has 0 saturated carbocycles. The van der Waals surface area contributed by atoms with E-state index in [1.807, 2.05) is 46.2 Å². The molecule has 1 unspecified atom stereocenters. The van der Waals surface area contributed by atoms with Crippen LogP contribution in [0.1, 0.15) is 13.3 Å². The highest BCUT2D eigenvalue weighted by Crippen LogP contribution is 2.39. The fourth-order valence-corrected chi connectivity index (χ4v) is 77.8. The van der Waals surface area contributed by atoms with Gasteiger partial charge in [-0.25, -0.2) is 4.79 Å². The van der Waals surface area contributed by atoms with Gasteiger partial charge >= 0.3 is 5.97 Å². The molecule has 2 N–H and O–H groups in total. The first-order chi connectivity index (χ1) is 9.72. The minimum atomic E-state index is -2.82. The summed E-state index contributed by atoms with van der Waals surface area (Å²) in [6.45, 7) is 14.1. The van der Waals surface area contributed by atoms with Gasteiger partial charge in [-0.1, -0.05) is 13.5 Å². The Labute approximate surface area is 138 Å². The zero-order valence-electron chi connectivity index (χ0n) is 15.2. The summed E-state index contributed by atoms with van der Waals surface area (Å²) in [5.74, 6) is -0.499. The van der Waals surface area contributed by atoms with E-state index in [-0.39, 0.29) is 0 Å². The second-order valence-corrected chi connectivity index (χ2v) is 41.7. The lowest BCUT2D eigenvalue weighted by molar-refractivity contribution is -0.139. The van der Waals surface area contributed by atoms with Crippen LogP contribution in [-0.4, -0.2) is 58.5 Å². The third-order valence-electron chi connectivity index (χ3n) is 4.67. The van der Waals surface area contributed by atoms with Crippen molar-refractivity contribution in [3.8, 4) is 0 Å². The molecule has 0 aliphatic heterocycles. The smallest absolute Gasteiger partial charge is 0.330 e. The lowest BCUT2D eigenvalue weighted by Crippen LogP contribution is -2.91. The molecule has 0 amide bonds. The van der Waals surface area contributed by atoms with E-state index < -0.39 is 41.8 Å². The molecule has 22 heavy (non-hydrogen) atoms. The van der Waals surface area contributed by atoms with Crippen molar-refractivity contribution in [2.45, 2.75) is 58.4 Å². The minimum absolute atomic E-state index is 0.446. The molecule has 130 valence electrons. The Morgan fingerprint density at radius 2 is 1.55 bits per heavy atom. The van der Waals surface area contributed by atoms with Crippen LogP contribution < -0.4 is 0 Å². The molecule has 0 aliphatic carbocycles. The Balaban J connectivity index is 6.52. The quantitative estimate of drug-likeness (QED) is 0.382. The average Bonchev–Trinajstić information content (AvgIpc) is 2.34. The summed E-state index contributed by atoms with van der Waals surface area (Å²) in [5.41, 5.74) is -0.446. The standard InChI is InChI=1S/C13H32O5Si4/c1-10-12(14)18-13(11-2)22(19(4,5)15,20(6,7)16)21(8,9)17-3/h10,13,15-16H,1,11H2,2-9H3. The fourth-order valence-electron chi connectivity index (χ4n) is 4.22. The van der Waals surface area contributed by atoms with Gasteiger partial charge in [0.2, 0.25) is 0 Å². The first-order valence-electron chi connectivity index (χ1n) is 7.55. The third-order valence-corrected chi connectivity index (χ3v) is 66.6. The molecule has 0 aromatic carbocycles. The molecular weight excluding hydrogens is 348 g/mol. The van der Waals surface area contributed by atoms with Gasteiger partial charge < -0.3 is 18.8 Å². The summed E-state index contributed by atoms with van der Waals surface area (Å²) in [5, 5.41) is 0. The predicted molar refractivity (Wildman–Crippen MR) is 100 cm³/mol. The maximum absolute atomic E-state index is 11.8. The summed E-state index contributed by atoms with van der Waals surface area (Å²) in [7, 11) is -6.42. The van der Waals surface area contributed by atoms with Crippen LogP contribution in [0.4, 0.5) is 0 Å². The summed E-state index contributed by atoms with van der Waals surface area (Å²) < 4.78 is 11.6. The Hall–Kier alpha value is -0.0425. The van der Waals surface area contributed by atoms with Gasteiger partial charge in [0.15, 0.2) is 30.1 Å². The molecule has 0 aromatic heterocycles. The predicted octanol–water partition coefficient (Wildman–Crippen LogP) is 1.96. The van der Waals surface area contributed by atoms with E-state index in [9.17, 15) is 14.4 Å². The van der Waals surface area contributed by atoms with Crippen LogP contribution in [0.3, 0.4) is 0 Å². The molecule has 5 nitrogen and oxygen atoms in total. The van der Waals surface area contributed by atoms with E-state index in [0.29, 0.717) is 6.42 Å². The van der Waals surface area contributed by atoms with E-state index in [4.69, 9.17) is 9.16 Å². The lowest BCUT2D eigenvalue weighted by Gasteiger charge is -2.56. The molecule has 9 heteroatoms. The third kappa shape index (κ3) is 3.71. The van der Waals surface area contributed by atoms with Crippen molar-refractivity contribution in [2.75, 3.05) is 7.11 Å². The highest BCUT2D eigenvalue weighted by molar-refractivity contribution is 7.87. The van der Waals surface area contributed by atoms with Crippen molar-refractivity contribution >= 4 is 36.1 Å². The van der Waals surface area contributed by atoms with Gasteiger partial charge in [0, 0.05) is 13.2 Å². The molecule has 0 aromatic rings. The van der Waals surface area contributed by atoms with E-state index in [1.54, 1.807) is 7.11 Å². The normalized spacial score (nSPS) is 15.4. The van der Waals surface area contributed by atoms with E-state index >= 15 is 0 Å². The number of hydrogen-bond donors (Lipinski definition) is 2. The Bertz CT molecular complexity index is 398. The number of esters is 1. The molecule has 0 spiro atoms. The fraction of sp³-hybridized carbons (Fsp3) is 0.769. The summed E-state index contributed by atoms with van der Waals surface area (Å²) in [4.78, 5) is 34.3. The molecule has 0 aliphatic rings. The number of carbonyl (C=O) groups is 1. The van der Waals surface area contributed by atoms with E-state index in [2.05, 4.69) is 6.58 Å². The van der Waals surface area contributed by atoms with Crippen molar-refractivity contribution in [2.24, 2.45) is 0 Å². The maximum Gasteiger partial charge on any atom is 0.330 e. The van der Waals surface area contributed by atoms with Gasteiger partial charge in [-0.2, -0.15) is 0 Å². The Morgan fingerprint density at radius 1 is 1.14 bits per heavy atom. The van der Waals surface area contributed by atoms with Crippen LogP contribution in [-0.2, 0) is 14.0 Å². The van der Waals surface area contributed by atoms with Crippen LogP contribution >= 0.6 is 0 Å². The molecule has 0 bridgehead atoms. The monoisotopic (exact) mass is 380 g/mol. The lowest BCUT2D eigenvalue weighted by atomic mass is 10.5. The van der Waals surface area contributed by atoms with Crippen LogP contribution in [0, 0.1) is 0 Å². The van der Waals surface area contributed by atoms with Crippen molar-refractivity contribution in [1.82, 2.24) is 0 Å². The van der Waals surface area contributed by atoms with Gasteiger partial charge in [0.1, 0.15) is 0 Å². The maximum atomic E-state index is 11.8. The summed E-state index contributed by atoms with van der Waals surface area (Å²) >= 11 is 0. The number of ether oxygens (including phenoxy) is 1. The molecule has 0 heterocycles. The van der Waals surface area contributed by atoms with Crippen LogP contribution in [0.2, 0.25) is 39.3 Å². The highest BCUT2D eigenvalue weighted by Gasteiger charge is 2.73. The van der Waals surface area contributed by atoms with Gasteiger partial charge in [0.05, 0.1) is 5.73 Å². The van der Waals surface area contributed by atoms with E-state index in [1.165, 1.54) is 0 Å². The van der Waals surface area contributed by atoms with Crippen molar-refractivity contribution in [1.29, 1.82) is 0 Å². The second kappa shape index (κ2) is 7.24. The largest absolute Gasteiger partial charge is 0.464 e. The van der Waals surface area contributed by atoms with Gasteiger partial charge in [-0.05, 0) is 45.7 Å². The van der Waals surface area contributed by atoms with Crippen molar-refractivity contribution in [3.05, 3.63) is 12.7 Å². The zero-order valence-corrected chi connectivity index (χ0v) is 19.2. The summed E-state index contributed by atoms with van der Waals surface area (Å²) in [6.07, 6.45) is 1.71. The van der Waals surface area contributed by atoms with Gasteiger partial charge in [-0.15, -0.1) is 0 Å². The molecule has 0 radical (unpaired) electrons. The number of carbonyl (C=O) groups excluding carboxylic acids is 1. The van der Waals surface area contributed by atoms with Crippen LogP contribution in [0.15, 0.2) is 12.7 Å². The molecule has 0 saturated heterocycles. The average molecular weight is 381 g/mol. The number of rotatable bonds is 8. The summed E-state index contributed by atoms with van der Waals surface area (Å²) in [6, 6.07) is 0. The molecule has 1 atom stereocenters.